The number of alkyl halides is 2. The zero-order valence-electron chi connectivity index (χ0n) is 21.4. The zero-order valence-corrected chi connectivity index (χ0v) is 22.9. The van der Waals surface area contributed by atoms with Crippen molar-refractivity contribution in [1.82, 2.24) is 4.90 Å². The van der Waals surface area contributed by atoms with E-state index < -0.39 is 12.4 Å². The number of carboxylic acids is 1. The molecule has 0 amide bonds. The van der Waals surface area contributed by atoms with Gasteiger partial charge in [-0.2, -0.15) is 0 Å². The van der Waals surface area contributed by atoms with Gasteiger partial charge in [0.2, 0.25) is 6.43 Å². The highest BCUT2D eigenvalue weighted by molar-refractivity contribution is 6.36. The summed E-state index contributed by atoms with van der Waals surface area (Å²) in [5, 5.41) is 10.7. The standard InChI is InChI=1S/C32H29Cl2F2NO2/c33-25-9-11-27(29(34)18-25)28-3-1-2-23-17-24(32(38)39)8-10-26(23)31(28)22-6-4-20(5-7-22)16-21-12-14-37(19-21)15-13-30(35)36/h4-11,16-18,30H,1-3,12-15,19H2,(H,38,39). The largest absolute Gasteiger partial charge is 0.478 e. The fourth-order valence-corrected chi connectivity index (χ4v) is 6.09. The minimum atomic E-state index is -2.27. The molecule has 3 aromatic rings. The normalized spacial score (nSPS) is 17.1. The second-order valence-corrected chi connectivity index (χ2v) is 11.0. The van der Waals surface area contributed by atoms with E-state index in [1.165, 1.54) is 5.57 Å². The van der Waals surface area contributed by atoms with E-state index in [9.17, 15) is 18.7 Å². The molecule has 0 aromatic heterocycles. The van der Waals surface area contributed by atoms with Gasteiger partial charge in [0, 0.05) is 36.1 Å². The number of hydrogen-bond acceptors (Lipinski definition) is 2. The first-order chi connectivity index (χ1) is 18.8. The van der Waals surface area contributed by atoms with Gasteiger partial charge in [-0.05, 0) is 88.9 Å². The molecule has 1 saturated heterocycles. The third-order valence-electron chi connectivity index (χ3n) is 7.46. The number of halogens is 4. The lowest BCUT2D eigenvalue weighted by molar-refractivity contribution is 0.0696. The highest BCUT2D eigenvalue weighted by atomic mass is 35.5. The van der Waals surface area contributed by atoms with Crippen LogP contribution in [0.4, 0.5) is 8.78 Å². The summed E-state index contributed by atoms with van der Waals surface area (Å²) >= 11 is 12.9. The maximum atomic E-state index is 12.6. The second-order valence-electron chi connectivity index (χ2n) is 10.1. The highest BCUT2D eigenvalue weighted by Crippen LogP contribution is 2.42. The van der Waals surface area contributed by atoms with E-state index in [0.717, 1.165) is 77.7 Å². The Kier molecular flexibility index (Phi) is 8.51. The Morgan fingerprint density at radius 2 is 1.74 bits per heavy atom. The quantitative estimate of drug-likeness (QED) is 0.310. The van der Waals surface area contributed by atoms with Crippen molar-refractivity contribution >= 4 is 46.4 Å². The van der Waals surface area contributed by atoms with Gasteiger partial charge in [0.1, 0.15) is 0 Å². The number of carbonyl (C=O) groups is 1. The van der Waals surface area contributed by atoms with Gasteiger partial charge in [-0.15, -0.1) is 0 Å². The summed E-state index contributed by atoms with van der Waals surface area (Å²) in [7, 11) is 0. The predicted octanol–water partition coefficient (Wildman–Crippen LogP) is 8.73. The molecule has 1 N–H and O–H groups in total. The molecule has 0 saturated carbocycles. The monoisotopic (exact) mass is 567 g/mol. The van der Waals surface area contributed by atoms with Crippen molar-refractivity contribution in [2.45, 2.75) is 38.5 Å². The summed E-state index contributed by atoms with van der Waals surface area (Å²) < 4.78 is 25.2. The topological polar surface area (TPSA) is 40.5 Å². The SMILES string of the molecule is O=C(O)c1ccc2c(c1)CCCC(c1ccc(Cl)cc1Cl)=C2c1ccc(C=C2CCN(CCC(F)F)C2)cc1. The molecule has 3 aromatic carbocycles. The van der Waals surface area contributed by atoms with Gasteiger partial charge in [0.25, 0.3) is 0 Å². The lowest BCUT2D eigenvalue weighted by atomic mass is 9.87. The van der Waals surface area contributed by atoms with Gasteiger partial charge in [0.05, 0.1) is 5.56 Å². The Balaban J connectivity index is 1.53. The fraction of sp³-hybridized carbons (Fsp3) is 0.281. The summed E-state index contributed by atoms with van der Waals surface area (Å²) in [5.74, 6) is -0.939. The number of hydrogen-bond donors (Lipinski definition) is 1. The third kappa shape index (κ3) is 6.43. The molecule has 0 bridgehead atoms. The Hall–Kier alpha value is -2.99. The van der Waals surface area contributed by atoms with Crippen molar-refractivity contribution in [1.29, 1.82) is 0 Å². The summed E-state index contributed by atoms with van der Waals surface area (Å²) in [6.45, 7) is 1.95. The number of aromatic carboxylic acids is 1. The molecule has 1 heterocycles. The maximum absolute atomic E-state index is 12.6. The molecule has 39 heavy (non-hydrogen) atoms. The molecular formula is C32H29Cl2F2NO2. The van der Waals surface area contributed by atoms with Crippen LogP contribution in [-0.2, 0) is 6.42 Å². The molecule has 0 atom stereocenters. The molecule has 1 aliphatic carbocycles. The highest BCUT2D eigenvalue weighted by Gasteiger charge is 2.23. The maximum Gasteiger partial charge on any atom is 0.335 e. The van der Waals surface area contributed by atoms with E-state index in [0.29, 0.717) is 16.6 Å². The Bertz CT molecular complexity index is 1450. The molecule has 0 radical (unpaired) electrons. The molecule has 202 valence electrons. The zero-order chi connectivity index (χ0) is 27.5. The molecule has 7 heteroatoms. The summed E-state index contributed by atoms with van der Waals surface area (Å²) in [5.41, 5.74) is 8.69. The van der Waals surface area contributed by atoms with Crippen molar-refractivity contribution < 1.29 is 18.7 Å². The summed E-state index contributed by atoms with van der Waals surface area (Å²) in [4.78, 5) is 13.7. The fourth-order valence-electron chi connectivity index (χ4n) is 5.57. The van der Waals surface area contributed by atoms with Crippen LogP contribution in [0.3, 0.4) is 0 Å². The van der Waals surface area contributed by atoms with Crippen molar-refractivity contribution in [2.75, 3.05) is 19.6 Å². The van der Waals surface area contributed by atoms with Gasteiger partial charge >= 0.3 is 5.97 Å². The van der Waals surface area contributed by atoms with E-state index >= 15 is 0 Å². The van der Waals surface area contributed by atoms with Crippen LogP contribution in [-0.4, -0.2) is 42.0 Å². The van der Waals surface area contributed by atoms with Gasteiger partial charge < -0.3 is 5.11 Å². The third-order valence-corrected chi connectivity index (χ3v) is 8.01. The van der Waals surface area contributed by atoms with Crippen molar-refractivity contribution in [2.24, 2.45) is 0 Å². The van der Waals surface area contributed by atoms with Gasteiger partial charge in [-0.3, -0.25) is 4.90 Å². The lowest BCUT2D eigenvalue weighted by Crippen LogP contribution is -2.22. The summed E-state index contributed by atoms with van der Waals surface area (Å²) in [6, 6.07) is 19.2. The Morgan fingerprint density at radius 1 is 0.974 bits per heavy atom. The van der Waals surface area contributed by atoms with Crippen LogP contribution in [0, 0.1) is 0 Å². The average Bonchev–Trinajstić information content (AvgIpc) is 3.26. The Morgan fingerprint density at radius 3 is 2.46 bits per heavy atom. The summed E-state index contributed by atoms with van der Waals surface area (Å²) in [6.07, 6.45) is 3.09. The van der Waals surface area contributed by atoms with E-state index in [-0.39, 0.29) is 12.0 Å². The molecule has 0 unspecified atom stereocenters. The minimum absolute atomic E-state index is 0.0908. The van der Waals surface area contributed by atoms with Crippen LogP contribution < -0.4 is 0 Å². The van der Waals surface area contributed by atoms with Crippen molar-refractivity contribution in [3.8, 4) is 0 Å². The van der Waals surface area contributed by atoms with E-state index in [2.05, 4.69) is 35.2 Å². The molecule has 1 fully saturated rings. The predicted molar refractivity (Wildman–Crippen MR) is 155 cm³/mol. The van der Waals surface area contributed by atoms with Gasteiger partial charge in [-0.25, -0.2) is 13.6 Å². The number of carboxylic acid groups (broad SMARTS) is 1. The number of allylic oxidation sites excluding steroid dienone is 1. The second kappa shape index (κ2) is 12.0. The molecule has 5 rings (SSSR count). The van der Waals surface area contributed by atoms with E-state index in [1.54, 1.807) is 18.2 Å². The van der Waals surface area contributed by atoms with Crippen LogP contribution in [0.15, 0.2) is 66.2 Å². The lowest BCUT2D eigenvalue weighted by Gasteiger charge is -2.18. The van der Waals surface area contributed by atoms with Crippen molar-refractivity contribution in [3.05, 3.63) is 110 Å². The molecule has 3 nitrogen and oxygen atoms in total. The van der Waals surface area contributed by atoms with Crippen LogP contribution in [0.5, 0.6) is 0 Å². The van der Waals surface area contributed by atoms with E-state index in [1.807, 2.05) is 18.2 Å². The first-order valence-electron chi connectivity index (χ1n) is 13.1. The van der Waals surface area contributed by atoms with E-state index in [4.69, 9.17) is 23.2 Å². The number of fused-ring (bicyclic) bond motifs is 1. The van der Waals surface area contributed by atoms with Crippen molar-refractivity contribution in [3.63, 3.8) is 0 Å². The van der Waals surface area contributed by atoms with Crippen LogP contribution in [0.1, 0.15) is 63.9 Å². The first kappa shape index (κ1) is 27.6. The minimum Gasteiger partial charge on any atom is -0.478 e. The average molecular weight is 568 g/mol. The number of aryl methyl sites for hydroxylation is 1. The first-order valence-corrected chi connectivity index (χ1v) is 13.9. The number of benzene rings is 3. The smallest absolute Gasteiger partial charge is 0.335 e. The van der Waals surface area contributed by atoms with Crippen LogP contribution >= 0.6 is 23.2 Å². The van der Waals surface area contributed by atoms with Gasteiger partial charge in [-0.1, -0.05) is 71.2 Å². The molecule has 2 aliphatic rings. The molecular weight excluding hydrogens is 539 g/mol. The van der Waals surface area contributed by atoms with Crippen LogP contribution in [0.2, 0.25) is 10.0 Å². The number of likely N-dealkylation sites (tertiary alicyclic amines) is 1. The Labute approximate surface area is 237 Å². The molecule has 1 aliphatic heterocycles. The van der Waals surface area contributed by atoms with Crippen LogP contribution in [0.25, 0.3) is 17.2 Å². The number of rotatable bonds is 7. The van der Waals surface area contributed by atoms with Gasteiger partial charge in [0.15, 0.2) is 0 Å². The number of nitrogens with zero attached hydrogens (tertiary/aromatic N) is 1. The molecule has 0 spiro atoms.